The van der Waals surface area contributed by atoms with Gasteiger partial charge in [0.25, 0.3) is 11.7 Å². The lowest BCUT2D eigenvalue weighted by molar-refractivity contribution is -0.140. The average molecular weight is 452 g/mol. The Morgan fingerprint density at radius 3 is 2.48 bits per heavy atom. The van der Waals surface area contributed by atoms with Crippen LogP contribution < -0.4 is 9.47 Å². The van der Waals surface area contributed by atoms with Crippen LogP contribution in [0.25, 0.3) is 5.76 Å². The van der Waals surface area contributed by atoms with Crippen LogP contribution in [0.1, 0.15) is 41.1 Å². The summed E-state index contributed by atoms with van der Waals surface area (Å²) in [5.74, 6) is -0.345. The Balaban J connectivity index is 1.90. The van der Waals surface area contributed by atoms with Crippen molar-refractivity contribution in [2.24, 2.45) is 0 Å². The van der Waals surface area contributed by atoms with Crippen molar-refractivity contribution >= 4 is 17.4 Å². The first kappa shape index (κ1) is 22.9. The zero-order valence-corrected chi connectivity index (χ0v) is 19.4. The largest absolute Gasteiger partial charge is 0.507 e. The quantitative estimate of drug-likeness (QED) is 0.407. The third-order valence-electron chi connectivity index (χ3n) is 6.39. The molecule has 2 unspecified atom stereocenters. The first-order valence-electron chi connectivity index (χ1n) is 11.1. The molecule has 2 saturated heterocycles. The Morgan fingerprint density at radius 2 is 1.82 bits per heavy atom. The fourth-order valence-electron chi connectivity index (χ4n) is 4.70. The SMILES string of the molecule is COc1cc(C)c(/C(O)=C2\C(=O)C(=O)N(CC3CCCO3)C2c2ccccc2OC)cc1C. The monoisotopic (exact) mass is 451 g/mol. The number of aryl methyl sites for hydroxylation is 2. The summed E-state index contributed by atoms with van der Waals surface area (Å²) in [6.07, 6.45) is 1.59. The summed E-state index contributed by atoms with van der Waals surface area (Å²) >= 11 is 0. The van der Waals surface area contributed by atoms with Crippen LogP contribution in [0, 0.1) is 13.8 Å². The fourth-order valence-corrected chi connectivity index (χ4v) is 4.70. The van der Waals surface area contributed by atoms with E-state index in [4.69, 9.17) is 14.2 Å². The van der Waals surface area contributed by atoms with Gasteiger partial charge in [-0.25, -0.2) is 0 Å². The molecule has 2 fully saturated rings. The van der Waals surface area contributed by atoms with E-state index in [1.165, 1.54) is 4.90 Å². The third kappa shape index (κ3) is 4.09. The summed E-state index contributed by atoms with van der Waals surface area (Å²) in [6.45, 7) is 4.60. The molecule has 0 saturated carbocycles. The molecular formula is C26H29NO6. The summed E-state index contributed by atoms with van der Waals surface area (Å²) in [5, 5.41) is 11.4. The highest BCUT2D eigenvalue weighted by molar-refractivity contribution is 6.46. The molecule has 1 amide bonds. The van der Waals surface area contributed by atoms with Gasteiger partial charge in [0, 0.05) is 24.3 Å². The van der Waals surface area contributed by atoms with Gasteiger partial charge < -0.3 is 24.2 Å². The van der Waals surface area contributed by atoms with E-state index in [1.54, 1.807) is 26.4 Å². The van der Waals surface area contributed by atoms with Crippen LogP contribution in [-0.4, -0.2) is 55.2 Å². The molecule has 174 valence electrons. The molecule has 0 spiro atoms. The van der Waals surface area contributed by atoms with Gasteiger partial charge in [0.15, 0.2) is 0 Å². The number of Topliss-reactive ketones (excluding diaryl/α,β-unsaturated/α-hetero) is 1. The maximum absolute atomic E-state index is 13.3. The predicted octanol–water partition coefficient (Wildman–Crippen LogP) is 3.92. The Labute approximate surface area is 193 Å². The summed E-state index contributed by atoms with van der Waals surface area (Å²) < 4.78 is 16.7. The molecule has 1 N–H and O–H groups in total. The number of benzene rings is 2. The molecule has 0 aromatic heterocycles. The van der Waals surface area contributed by atoms with Gasteiger partial charge in [-0.05, 0) is 56.0 Å². The topological polar surface area (TPSA) is 85.3 Å². The van der Waals surface area contributed by atoms with E-state index in [9.17, 15) is 14.7 Å². The molecule has 0 radical (unpaired) electrons. The van der Waals surface area contributed by atoms with Gasteiger partial charge in [0.1, 0.15) is 17.3 Å². The van der Waals surface area contributed by atoms with Gasteiger partial charge in [-0.3, -0.25) is 9.59 Å². The maximum Gasteiger partial charge on any atom is 0.295 e. The molecule has 2 aliphatic heterocycles. The van der Waals surface area contributed by atoms with Gasteiger partial charge in [0.05, 0.1) is 31.9 Å². The highest BCUT2D eigenvalue weighted by Crippen LogP contribution is 2.43. The molecule has 2 aliphatic rings. The smallest absolute Gasteiger partial charge is 0.295 e. The van der Waals surface area contributed by atoms with Gasteiger partial charge in [0.2, 0.25) is 0 Å². The van der Waals surface area contributed by atoms with Gasteiger partial charge in [-0.15, -0.1) is 0 Å². The van der Waals surface area contributed by atoms with Crippen molar-refractivity contribution in [3.05, 3.63) is 64.2 Å². The van der Waals surface area contributed by atoms with Crippen LogP contribution in [0.15, 0.2) is 42.0 Å². The Morgan fingerprint density at radius 1 is 1.09 bits per heavy atom. The number of para-hydroxylation sites is 1. The molecule has 2 heterocycles. The standard InChI is InChI=1S/C26H29NO6/c1-15-13-21(32-4)16(2)12-19(15)24(28)22-23(18-9-5-6-10-20(18)31-3)27(26(30)25(22)29)14-17-8-7-11-33-17/h5-6,9-10,12-13,17,23,28H,7-8,11,14H2,1-4H3/b24-22+. The second-order valence-corrected chi connectivity index (χ2v) is 8.47. The van der Waals surface area contributed by atoms with Crippen LogP contribution in [0.2, 0.25) is 0 Å². The van der Waals surface area contributed by atoms with E-state index < -0.39 is 17.7 Å². The number of amides is 1. The van der Waals surface area contributed by atoms with E-state index >= 15 is 0 Å². The summed E-state index contributed by atoms with van der Waals surface area (Å²) in [7, 11) is 3.13. The number of nitrogens with zero attached hydrogens (tertiary/aromatic N) is 1. The van der Waals surface area contributed by atoms with Crippen LogP contribution in [0.5, 0.6) is 11.5 Å². The minimum absolute atomic E-state index is 0.0511. The first-order valence-corrected chi connectivity index (χ1v) is 11.1. The zero-order chi connectivity index (χ0) is 23.7. The van der Waals surface area contributed by atoms with Crippen LogP contribution in [0.3, 0.4) is 0 Å². The molecule has 4 rings (SSSR count). The van der Waals surface area contributed by atoms with Crippen molar-refractivity contribution in [2.45, 2.75) is 38.8 Å². The molecule has 7 nitrogen and oxygen atoms in total. The lowest BCUT2D eigenvalue weighted by Crippen LogP contribution is -2.36. The summed E-state index contributed by atoms with van der Waals surface area (Å²) in [4.78, 5) is 28.0. The second-order valence-electron chi connectivity index (χ2n) is 8.47. The number of hydrogen-bond acceptors (Lipinski definition) is 6. The molecule has 33 heavy (non-hydrogen) atoms. The van der Waals surface area contributed by atoms with Crippen LogP contribution in [0.4, 0.5) is 0 Å². The number of likely N-dealkylation sites (tertiary alicyclic amines) is 1. The molecule has 0 aliphatic carbocycles. The van der Waals surface area contributed by atoms with E-state index in [-0.39, 0.29) is 24.0 Å². The average Bonchev–Trinajstić information content (AvgIpc) is 3.42. The van der Waals surface area contributed by atoms with E-state index in [0.29, 0.717) is 29.2 Å². The normalized spacial score (nSPS) is 22.1. The Kier molecular flexibility index (Phi) is 6.42. The zero-order valence-electron chi connectivity index (χ0n) is 19.4. The number of ether oxygens (including phenoxy) is 3. The maximum atomic E-state index is 13.3. The number of carbonyl (C=O) groups excluding carboxylic acids is 2. The molecule has 0 bridgehead atoms. The van der Waals surface area contributed by atoms with Crippen molar-refractivity contribution in [2.75, 3.05) is 27.4 Å². The number of hydrogen-bond donors (Lipinski definition) is 1. The van der Waals surface area contributed by atoms with E-state index in [0.717, 1.165) is 24.0 Å². The van der Waals surface area contributed by atoms with Gasteiger partial charge in [-0.2, -0.15) is 0 Å². The molecular weight excluding hydrogens is 422 g/mol. The fraction of sp³-hybridized carbons (Fsp3) is 0.385. The number of methoxy groups -OCH3 is 2. The lowest BCUT2D eigenvalue weighted by atomic mass is 9.92. The highest BCUT2D eigenvalue weighted by atomic mass is 16.5. The minimum atomic E-state index is -0.785. The van der Waals surface area contributed by atoms with Crippen molar-refractivity contribution in [1.82, 2.24) is 4.90 Å². The van der Waals surface area contributed by atoms with Crippen molar-refractivity contribution in [3.8, 4) is 11.5 Å². The Bertz CT molecular complexity index is 1120. The second kappa shape index (κ2) is 9.27. The molecule has 2 aromatic rings. The van der Waals surface area contributed by atoms with Crippen LogP contribution >= 0.6 is 0 Å². The molecule has 2 atom stereocenters. The highest BCUT2D eigenvalue weighted by Gasteiger charge is 2.48. The molecule has 7 heteroatoms. The number of aliphatic hydroxyl groups is 1. The lowest BCUT2D eigenvalue weighted by Gasteiger charge is -2.28. The van der Waals surface area contributed by atoms with E-state index in [2.05, 4.69) is 0 Å². The number of ketones is 1. The predicted molar refractivity (Wildman–Crippen MR) is 123 cm³/mol. The Hall–Kier alpha value is -3.32. The van der Waals surface area contributed by atoms with Crippen molar-refractivity contribution in [3.63, 3.8) is 0 Å². The summed E-state index contributed by atoms with van der Waals surface area (Å²) in [6, 6.07) is 10.0. The van der Waals surface area contributed by atoms with Crippen molar-refractivity contribution < 1.29 is 28.9 Å². The summed E-state index contributed by atoms with van der Waals surface area (Å²) in [5.41, 5.74) is 2.73. The van der Waals surface area contributed by atoms with Crippen molar-refractivity contribution in [1.29, 1.82) is 0 Å². The third-order valence-corrected chi connectivity index (χ3v) is 6.39. The van der Waals surface area contributed by atoms with Gasteiger partial charge >= 0.3 is 0 Å². The number of carbonyl (C=O) groups is 2. The van der Waals surface area contributed by atoms with Crippen LogP contribution in [-0.2, 0) is 14.3 Å². The minimum Gasteiger partial charge on any atom is -0.507 e. The van der Waals surface area contributed by atoms with E-state index in [1.807, 2.05) is 38.1 Å². The number of aliphatic hydroxyl groups excluding tert-OH is 1. The first-order chi connectivity index (χ1) is 15.9. The van der Waals surface area contributed by atoms with Gasteiger partial charge in [-0.1, -0.05) is 18.2 Å². The molecule has 2 aromatic carbocycles. The number of rotatable bonds is 6.